The summed E-state index contributed by atoms with van der Waals surface area (Å²) in [4.78, 5) is -0.200. The highest BCUT2D eigenvalue weighted by molar-refractivity contribution is 7.89. The molecule has 100 valence electrons. The molecule has 0 radical (unpaired) electrons. The van der Waals surface area contributed by atoms with Crippen molar-refractivity contribution in [2.24, 2.45) is 0 Å². The van der Waals surface area contributed by atoms with E-state index >= 15 is 0 Å². The molecule has 1 aromatic rings. The van der Waals surface area contributed by atoms with Gasteiger partial charge in [-0.25, -0.2) is 12.8 Å². The lowest BCUT2D eigenvalue weighted by atomic mass is 10.2. The molecule has 5 nitrogen and oxygen atoms in total. The molecule has 0 unspecified atom stereocenters. The van der Waals surface area contributed by atoms with Gasteiger partial charge >= 0.3 is 0 Å². The molecule has 0 heterocycles. The number of benzene rings is 1. The molecule has 0 spiro atoms. The van der Waals surface area contributed by atoms with Crippen molar-refractivity contribution in [3.8, 4) is 12.1 Å². The second kappa shape index (κ2) is 5.79. The van der Waals surface area contributed by atoms with E-state index in [0.717, 1.165) is 22.5 Å². The molecule has 0 bridgehead atoms. The van der Waals surface area contributed by atoms with Crippen molar-refractivity contribution in [1.82, 2.24) is 4.31 Å². The van der Waals surface area contributed by atoms with Crippen LogP contribution in [0.1, 0.15) is 19.4 Å². The number of sulfonamides is 1. The van der Waals surface area contributed by atoms with Crippen LogP contribution in [0.25, 0.3) is 0 Å². The molecular weight excluding hydrogens is 269 g/mol. The number of nitriles is 2. The molecule has 0 aliphatic carbocycles. The van der Waals surface area contributed by atoms with Crippen LogP contribution in [0.3, 0.4) is 0 Å². The summed E-state index contributed by atoms with van der Waals surface area (Å²) in [6.07, 6.45) is 0. The summed E-state index contributed by atoms with van der Waals surface area (Å²) in [6, 6.07) is 5.92. The first-order valence-corrected chi connectivity index (χ1v) is 6.87. The van der Waals surface area contributed by atoms with Crippen LogP contribution in [-0.2, 0) is 10.0 Å². The van der Waals surface area contributed by atoms with Crippen molar-refractivity contribution >= 4 is 10.0 Å². The van der Waals surface area contributed by atoms with Gasteiger partial charge in [0.05, 0.1) is 16.5 Å². The zero-order chi connectivity index (χ0) is 14.6. The van der Waals surface area contributed by atoms with E-state index in [0.29, 0.717) is 0 Å². The maximum absolute atomic E-state index is 13.2. The van der Waals surface area contributed by atoms with Gasteiger partial charge in [0.1, 0.15) is 18.4 Å². The van der Waals surface area contributed by atoms with Gasteiger partial charge in [0, 0.05) is 6.04 Å². The Morgan fingerprint density at radius 2 is 2.00 bits per heavy atom. The quantitative estimate of drug-likeness (QED) is 0.785. The molecule has 1 rings (SSSR count). The van der Waals surface area contributed by atoms with Gasteiger partial charge in [-0.05, 0) is 32.0 Å². The van der Waals surface area contributed by atoms with E-state index in [4.69, 9.17) is 10.5 Å². The highest BCUT2D eigenvalue weighted by Gasteiger charge is 2.27. The van der Waals surface area contributed by atoms with Gasteiger partial charge in [0.25, 0.3) is 0 Å². The fourth-order valence-electron chi connectivity index (χ4n) is 1.50. The number of hydrogen-bond acceptors (Lipinski definition) is 4. The monoisotopic (exact) mass is 281 g/mol. The molecule has 0 amide bonds. The zero-order valence-corrected chi connectivity index (χ0v) is 11.3. The average molecular weight is 281 g/mol. The van der Waals surface area contributed by atoms with E-state index in [1.165, 1.54) is 0 Å². The van der Waals surface area contributed by atoms with Crippen LogP contribution in [0.2, 0.25) is 0 Å². The van der Waals surface area contributed by atoms with Crippen LogP contribution in [-0.4, -0.2) is 25.3 Å². The molecule has 0 N–H and O–H groups in total. The van der Waals surface area contributed by atoms with Gasteiger partial charge in [-0.3, -0.25) is 0 Å². The summed E-state index contributed by atoms with van der Waals surface area (Å²) in [7, 11) is -3.92. The van der Waals surface area contributed by atoms with Crippen LogP contribution in [0.15, 0.2) is 23.1 Å². The van der Waals surface area contributed by atoms with Gasteiger partial charge in [-0.15, -0.1) is 0 Å². The lowest BCUT2D eigenvalue weighted by Gasteiger charge is -2.23. The standard InChI is InChI=1S/C12H12FN3O2S/c1-9(2)16(6-5-14)19(17,18)11-3-4-12(13)10(7-11)8-15/h3-4,7,9H,6H2,1-2H3. The molecule has 0 saturated heterocycles. The summed E-state index contributed by atoms with van der Waals surface area (Å²) in [5.74, 6) is -0.780. The van der Waals surface area contributed by atoms with Gasteiger partial charge < -0.3 is 0 Å². The first-order valence-electron chi connectivity index (χ1n) is 5.43. The summed E-state index contributed by atoms with van der Waals surface area (Å²) in [6.45, 7) is 2.95. The topological polar surface area (TPSA) is 85.0 Å². The summed E-state index contributed by atoms with van der Waals surface area (Å²) < 4.78 is 38.7. The van der Waals surface area contributed by atoms with E-state index in [9.17, 15) is 12.8 Å². The maximum atomic E-state index is 13.2. The Morgan fingerprint density at radius 3 is 2.47 bits per heavy atom. The smallest absolute Gasteiger partial charge is 0.207 e. The van der Waals surface area contributed by atoms with E-state index in [1.807, 2.05) is 0 Å². The van der Waals surface area contributed by atoms with Gasteiger partial charge in [0.2, 0.25) is 10.0 Å². The number of hydrogen-bond donors (Lipinski definition) is 0. The van der Waals surface area contributed by atoms with Gasteiger partial charge in [-0.2, -0.15) is 14.8 Å². The molecule has 0 atom stereocenters. The zero-order valence-electron chi connectivity index (χ0n) is 10.5. The first kappa shape index (κ1) is 15.1. The van der Waals surface area contributed by atoms with Crippen LogP contribution in [0.4, 0.5) is 4.39 Å². The summed E-state index contributed by atoms with van der Waals surface area (Å²) in [5.41, 5.74) is -0.346. The van der Waals surface area contributed by atoms with Crippen LogP contribution >= 0.6 is 0 Å². The van der Waals surface area contributed by atoms with E-state index in [1.54, 1.807) is 26.0 Å². The van der Waals surface area contributed by atoms with Gasteiger partial charge in [-0.1, -0.05) is 0 Å². The third kappa shape index (κ3) is 3.08. The van der Waals surface area contributed by atoms with Crippen molar-refractivity contribution < 1.29 is 12.8 Å². The van der Waals surface area contributed by atoms with Crippen LogP contribution < -0.4 is 0 Å². The molecule has 1 aromatic carbocycles. The lowest BCUT2D eigenvalue weighted by Crippen LogP contribution is -2.37. The molecule has 7 heteroatoms. The SMILES string of the molecule is CC(C)N(CC#N)S(=O)(=O)c1ccc(F)c(C#N)c1. The normalized spacial score (nSPS) is 11.3. The Balaban J connectivity index is 3.35. The van der Waals surface area contributed by atoms with Crippen LogP contribution in [0.5, 0.6) is 0 Å². The third-order valence-electron chi connectivity index (χ3n) is 2.47. The molecule has 0 aromatic heterocycles. The number of rotatable bonds is 4. The van der Waals surface area contributed by atoms with Crippen molar-refractivity contribution in [3.63, 3.8) is 0 Å². The maximum Gasteiger partial charge on any atom is 0.244 e. The second-order valence-corrected chi connectivity index (χ2v) is 5.95. The molecule has 0 aliphatic heterocycles. The Labute approximate surface area is 111 Å². The van der Waals surface area contributed by atoms with E-state index in [2.05, 4.69) is 0 Å². The van der Waals surface area contributed by atoms with E-state index < -0.39 is 21.9 Å². The Morgan fingerprint density at radius 1 is 1.37 bits per heavy atom. The third-order valence-corrected chi connectivity index (χ3v) is 4.49. The molecular formula is C12H12FN3O2S. The number of halogens is 1. The minimum Gasteiger partial charge on any atom is -0.207 e. The minimum atomic E-state index is -3.92. The lowest BCUT2D eigenvalue weighted by molar-refractivity contribution is 0.385. The largest absolute Gasteiger partial charge is 0.244 e. The fraction of sp³-hybridized carbons (Fsp3) is 0.333. The average Bonchev–Trinajstić information content (AvgIpc) is 2.35. The Hall–Kier alpha value is -1.96. The molecule has 0 fully saturated rings. The predicted molar refractivity (Wildman–Crippen MR) is 65.8 cm³/mol. The highest BCUT2D eigenvalue weighted by atomic mass is 32.2. The Kier molecular flexibility index (Phi) is 4.60. The first-order chi connectivity index (χ1) is 8.84. The Bertz CT molecular complexity index is 657. The summed E-state index contributed by atoms with van der Waals surface area (Å²) in [5, 5.41) is 17.4. The molecule has 0 saturated carbocycles. The molecule has 19 heavy (non-hydrogen) atoms. The second-order valence-electron chi connectivity index (χ2n) is 4.06. The van der Waals surface area contributed by atoms with Crippen molar-refractivity contribution in [1.29, 1.82) is 10.5 Å². The van der Waals surface area contributed by atoms with E-state index in [-0.39, 0.29) is 17.0 Å². The number of nitrogens with zero attached hydrogens (tertiary/aromatic N) is 3. The predicted octanol–water partition coefficient (Wildman–Crippen LogP) is 1.62. The van der Waals surface area contributed by atoms with Crippen molar-refractivity contribution in [2.45, 2.75) is 24.8 Å². The van der Waals surface area contributed by atoms with Crippen molar-refractivity contribution in [3.05, 3.63) is 29.6 Å². The van der Waals surface area contributed by atoms with Crippen LogP contribution in [0, 0.1) is 28.5 Å². The summed E-state index contributed by atoms with van der Waals surface area (Å²) >= 11 is 0. The van der Waals surface area contributed by atoms with Gasteiger partial charge in [0.15, 0.2) is 0 Å². The molecule has 0 aliphatic rings. The highest BCUT2D eigenvalue weighted by Crippen LogP contribution is 2.20. The fourth-order valence-corrected chi connectivity index (χ4v) is 3.06. The minimum absolute atomic E-state index is 0.200. The van der Waals surface area contributed by atoms with Crippen molar-refractivity contribution in [2.75, 3.05) is 6.54 Å².